The van der Waals surface area contributed by atoms with Crippen molar-refractivity contribution < 1.29 is 13.9 Å². The molecule has 0 spiro atoms. The van der Waals surface area contributed by atoms with Crippen LogP contribution in [-0.2, 0) is 16.1 Å². The van der Waals surface area contributed by atoms with Crippen molar-refractivity contribution in [3.05, 3.63) is 29.6 Å². The summed E-state index contributed by atoms with van der Waals surface area (Å²) >= 11 is 0. The van der Waals surface area contributed by atoms with Gasteiger partial charge in [-0.25, -0.2) is 4.39 Å². The molecule has 1 amide bonds. The predicted molar refractivity (Wildman–Crippen MR) is 79.5 cm³/mol. The van der Waals surface area contributed by atoms with Gasteiger partial charge in [-0.15, -0.1) is 0 Å². The highest BCUT2D eigenvalue weighted by molar-refractivity contribution is 5.86. The summed E-state index contributed by atoms with van der Waals surface area (Å²) < 4.78 is 18.8. The second-order valence-corrected chi connectivity index (χ2v) is 5.42. The van der Waals surface area contributed by atoms with Gasteiger partial charge in [0.1, 0.15) is 11.9 Å². The lowest BCUT2D eigenvalue weighted by atomic mass is 10.1. The summed E-state index contributed by atoms with van der Waals surface area (Å²) in [7, 11) is 0. The quantitative estimate of drug-likeness (QED) is 0.870. The number of carbonyl (C=O) groups excluding carboxylic acids is 1. The Morgan fingerprint density at radius 2 is 2.33 bits per heavy atom. The van der Waals surface area contributed by atoms with Gasteiger partial charge in [0.05, 0.1) is 13.2 Å². The van der Waals surface area contributed by atoms with Gasteiger partial charge in [-0.05, 0) is 37.6 Å². The minimum atomic E-state index is -0.420. The molecular formula is C15H22FN3O2. The first-order valence-corrected chi connectivity index (χ1v) is 7.16. The third-order valence-electron chi connectivity index (χ3n) is 3.43. The van der Waals surface area contributed by atoms with E-state index in [1.54, 1.807) is 6.07 Å². The highest BCUT2D eigenvalue weighted by Gasteiger charge is 2.31. The van der Waals surface area contributed by atoms with Crippen LogP contribution in [0.3, 0.4) is 0 Å². The highest BCUT2D eigenvalue weighted by atomic mass is 19.1. The van der Waals surface area contributed by atoms with Crippen LogP contribution >= 0.6 is 0 Å². The highest BCUT2D eigenvalue weighted by Crippen LogP contribution is 2.25. The smallest absolute Gasteiger partial charge is 0.245 e. The van der Waals surface area contributed by atoms with E-state index >= 15 is 0 Å². The zero-order valence-electron chi connectivity index (χ0n) is 12.4. The third-order valence-corrected chi connectivity index (χ3v) is 3.43. The van der Waals surface area contributed by atoms with Crippen LogP contribution in [-0.4, -0.2) is 37.7 Å². The molecule has 6 heteroatoms. The second kappa shape index (κ2) is 6.87. The minimum Gasteiger partial charge on any atom is -0.377 e. The molecule has 1 aliphatic heterocycles. The molecule has 1 heterocycles. The van der Waals surface area contributed by atoms with Crippen LogP contribution in [0.15, 0.2) is 18.2 Å². The summed E-state index contributed by atoms with van der Waals surface area (Å²) in [5.41, 5.74) is 7.19. The summed E-state index contributed by atoms with van der Waals surface area (Å²) in [6.07, 6.45) is 0. The summed E-state index contributed by atoms with van der Waals surface area (Å²) in [5, 5.41) is 2.90. The Balaban J connectivity index is 2.28. The van der Waals surface area contributed by atoms with Crippen molar-refractivity contribution >= 4 is 11.6 Å². The molecule has 1 saturated heterocycles. The molecule has 0 aliphatic carbocycles. The van der Waals surface area contributed by atoms with Crippen LogP contribution in [0.2, 0.25) is 0 Å². The number of hydrogen-bond donors (Lipinski definition) is 2. The fraction of sp³-hybridized carbons (Fsp3) is 0.533. The van der Waals surface area contributed by atoms with E-state index in [1.165, 1.54) is 12.1 Å². The summed E-state index contributed by atoms with van der Waals surface area (Å²) in [5.74, 6) is -0.410. The van der Waals surface area contributed by atoms with Gasteiger partial charge in [-0.3, -0.25) is 4.79 Å². The molecule has 1 aliphatic rings. The maximum Gasteiger partial charge on any atom is 0.245 e. The van der Waals surface area contributed by atoms with Gasteiger partial charge < -0.3 is 20.7 Å². The first-order chi connectivity index (χ1) is 10.0. The van der Waals surface area contributed by atoms with Gasteiger partial charge >= 0.3 is 0 Å². The molecule has 3 N–H and O–H groups in total. The number of rotatable bonds is 4. The van der Waals surface area contributed by atoms with E-state index in [0.717, 1.165) is 5.69 Å². The lowest BCUT2D eigenvalue weighted by Gasteiger charge is -2.37. The molecule has 0 aromatic heterocycles. The van der Waals surface area contributed by atoms with Crippen molar-refractivity contribution in [1.82, 2.24) is 5.32 Å². The van der Waals surface area contributed by atoms with E-state index < -0.39 is 6.04 Å². The number of amides is 1. The Kier molecular flexibility index (Phi) is 5.14. The second-order valence-electron chi connectivity index (χ2n) is 5.42. The van der Waals surface area contributed by atoms with Crippen LogP contribution in [0, 0.1) is 5.82 Å². The van der Waals surface area contributed by atoms with E-state index in [0.29, 0.717) is 25.3 Å². The van der Waals surface area contributed by atoms with Crippen LogP contribution < -0.4 is 16.0 Å². The summed E-state index contributed by atoms with van der Waals surface area (Å²) in [6.45, 7) is 5.48. The topological polar surface area (TPSA) is 67.6 Å². The first-order valence-electron chi connectivity index (χ1n) is 7.16. The molecule has 1 fully saturated rings. The molecule has 5 nitrogen and oxygen atoms in total. The van der Waals surface area contributed by atoms with E-state index in [9.17, 15) is 9.18 Å². The van der Waals surface area contributed by atoms with E-state index in [2.05, 4.69) is 5.32 Å². The van der Waals surface area contributed by atoms with Crippen molar-refractivity contribution in [2.24, 2.45) is 5.73 Å². The Bertz CT molecular complexity index is 508. The van der Waals surface area contributed by atoms with Crippen molar-refractivity contribution in [3.8, 4) is 0 Å². The van der Waals surface area contributed by atoms with E-state index in [4.69, 9.17) is 10.5 Å². The Morgan fingerprint density at radius 3 is 3.00 bits per heavy atom. The van der Waals surface area contributed by atoms with Crippen molar-refractivity contribution in [1.29, 1.82) is 0 Å². The maximum absolute atomic E-state index is 13.4. The number of carbonyl (C=O) groups is 1. The fourth-order valence-electron chi connectivity index (χ4n) is 2.49. The molecule has 2 rings (SSSR count). The lowest BCUT2D eigenvalue weighted by molar-refractivity contribution is -0.125. The molecular weight excluding hydrogens is 273 g/mol. The van der Waals surface area contributed by atoms with Crippen LogP contribution in [0.5, 0.6) is 0 Å². The molecule has 0 radical (unpaired) electrons. The van der Waals surface area contributed by atoms with Gasteiger partial charge in [0.25, 0.3) is 0 Å². The molecule has 1 aromatic rings. The number of nitrogens with two attached hydrogens (primary N) is 1. The monoisotopic (exact) mass is 295 g/mol. The zero-order chi connectivity index (χ0) is 15.4. The normalized spacial score (nSPS) is 18.9. The third kappa shape index (κ3) is 3.71. The molecule has 116 valence electrons. The Hall–Kier alpha value is -1.66. The number of anilines is 1. The Labute approximate surface area is 124 Å². The molecule has 0 saturated carbocycles. The van der Waals surface area contributed by atoms with Crippen LogP contribution in [0.1, 0.15) is 19.4 Å². The van der Waals surface area contributed by atoms with Crippen molar-refractivity contribution in [3.63, 3.8) is 0 Å². The number of benzene rings is 1. The molecule has 1 aromatic carbocycles. The number of ether oxygens (including phenoxy) is 1. The molecule has 21 heavy (non-hydrogen) atoms. The van der Waals surface area contributed by atoms with Gasteiger partial charge in [0.2, 0.25) is 5.91 Å². The maximum atomic E-state index is 13.4. The largest absolute Gasteiger partial charge is 0.377 e. The van der Waals surface area contributed by atoms with Crippen LogP contribution in [0.25, 0.3) is 0 Å². The number of nitrogens with zero attached hydrogens (tertiary/aromatic N) is 1. The summed E-state index contributed by atoms with van der Waals surface area (Å²) in [4.78, 5) is 14.3. The fourth-order valence-corrected chi connectivity index (χ4v) is 2.49. The van der Waals surface area contributed by atoms with Gasteiger partial charge in [-0.1, -0.05) is 0 Å². The predicted octanol–water partition coefficient (Wildman–Crippen LogP) is 1.01. The molecule has 1 atom stereocenters. The number of morpholine rings is 1. The van der Waals surface area contributed by atoms with E-state index in [1.807, 2.05) is 18.7 Å². The van der Waals surface area contributed by atoms with Crippen molar-refractivity contribution in [2.45, 2.75) is 32.5 Å². The SMILES string of the molecule is CC(C)NC(=O)C1COCCN1c1ccc(F)cc1CN. The Morgan fingerprint density at radius 1 is 1.57 bits per heavy atom. The van der Waals surface area contributed by atoms with Crippen molar-refractivity contribution in [2.75, 3.05) is 24.7 Å². The summed E-state index contributed by atoms with van der Waals surface area (Å²) in [6, 6.07) is 4.13. The lowest BCUT2D eigenvalue weighted by Crippen LogP contribution is -2.55. The van der Waals surface area contributed by atoms with Gasteiger partial charge in [0.15, 0.2) is 0 Å². The van der Waals surface area contributed by atoms with Crippen LogP contribution in [0.4, 0.5) is 10.1 Å². The standard InChI is InChI=1S/C15H22FN3O2/c1-10(2)18-15(20)14-9-21-6-5-19(14)13-4-3-12(16)7-11(13)8-17/h3-4,7,10,14H,5-6,8-9,17H2,1-2H3,(H,18,20). The number of hydrogen-bond acceptors (Lipinski definition) is 4. The molecule has 0 bridgehead atoms. The van der Waals surface area contributed by atoms with Gasteiger partial charge in [-0.2, -0.15) is 0 Å². The molecule has 1 unspecified atom stereocenters. The minimum absolute atomic E-state index is 0.0588. The first kappa shape index (κ1) is 15.7. The number of nitrogens with one attached hydrogen (secondary N) is 1. The average molecular weight is 295 g/mol. The van der Waals surface area contributed by atoms with E-state index in [-0.39, 0.29) is 24.3 Å². The van der Waals surface area contributed by atoms with Gasteiger partial charge in [0, 0.05) is 24.8 Å². The zero-order valence-corrected chi connectivity index (χ0v) is 12.4. The number of halogens is 1. The average Bonchev–Trinajstić information content (AvgIpc) is 2.46.